The highest BCUT2D eigenvalue weighted by Gasteiger charge is 2.27. The van der Waals surface area contributed by atoms with Crippen LogP contribution in [0.2, 0.25) is 5.02 Å². The lowest BCUT2D eigenvalue weighted by molar-refractivity contribution is -0.126. The highest BCUT2D eigenvalue weighted by Crippen LogP contribution is 2.22. The number of rotatable bonds is 4. The number of aryl methyl sites for hydroxylation is 2. The normalized spacial score (nSPS) is 16.0. The van der Waals surface area contributed by atoms with Crippen molar-refractivity contribution in [1.29, 1.82) is 0 Å². The second-order valence-electron chi connectivity index (χ2n) is 7.87. The lowest BCUT2D eigenvalue weighted by Gasteiger charge is -2.25. The number of carbonyl (C=O) groups excluding carboxylic acids is 2. The third-order valence-electron chi connectivity index (χ3n) is 5.63. The Labute approximate surface area is 190 Å². The molecule has 2 aromatic carbocycles. The number of fused-ring (bicyclic) bond motifs is 1. The number of hydrogen-bond acceptors (Lipinski definition) is 4. The maximum atomic E-state index is 13.4. The van der Waals surface area contributed by atoms with Gasteiger partial charge in [0.1, 0.15) is 11.9 Å². The van der Waals surface area contributed by atoms with Gasteiger partial charge in [-0.3, -0.25) is 14.2 Å². The summed E-state index contributed by atoms with van der Waals surface area (Å²) < 4.78 is 1.47. The molecule has 1 aliphatic rings. The molecule has 1 saturated heterocycles. The van der Waals surface area contributed by atoms with Crippen molar-refractivity contribution in [2.75, 3.05) is 11.9 Å². The van der Waals surface area contributed by atoms with E-state index in [1.165, 1.54) is 4.57 Å². The van der Waals surface area contributed by atoms with Gasteiger partial charge in [0.2, 0.25) is 5.91 Å². The average Bonchev–Trinajstić information content (AvgIpc) is 2.76. The van der Waals surface area contributed by atoms with E-state index in [4.69, 9.17) is 11.6 Å². The zero-order chi connectivity index (χ0) is 22.8. The maximum absolute atomic E-state index is 13.4. The van der Waals surface area contributed by atoms with Gasteiger partial charge in [0.05, 0.1) is 10.9 Å². The molecule has 3 amide bonds. The van der Waals surface area contributed by atoms with E-state index in [1.807, 2.05) is 13.0 Å². The standard InChI is InChI=1S/C23H24ClN5O3/c1-13-8-9-16(11-17(13)24)28-23(32)26-12-15-5-3-6-18-20(15)22(31)29(14(2)27-18)19-7-4-10-25-21(19)30/h3,5-6,8-9,11,19H,4,7,10,12H2,1-2H3,(H,25,30)(H2,26,28,32). The van der Waals surface area contributed by atoms with E-state index in [9.17, 15) is 14.4 Å². The quantitative estimate of drug-likeness (QED) is 0.562. The Morgan fingerprint density at radius 3 is 2.81 bits per heavy atom. The number of carbonyl (C=O) groups is 2. The third kappa shape index (κ3) is 4.31. The van der Waals surface area contributed by atoms with Crippen molar-refractivity contribution in [3.63, 3.8) is 0 Å². The molecule has 0 saturated carbocycles. The maximum Gasteiger partial charge on any atom is 0.319 e. The zero-order valence-corrected chi connectivity index (χ0v) is 18.6. The van der Waals surface area contributed by atoms with Crippen LogP contribution in [0, 0.1) is 13.8 Å². The Balaban J connectivity index is 1.60. The minimum absolute atomic E-state index is 0.125. The van der Waals surface area contributed by atoms with Crippen LogP contribution in [0.25, 0.3) is 10.9 Å². The van der Waals surface area contributed by atoms with E-state index in [-0.39, 0.29) is 18.0 Å². The van der Waals surface area contributed by atoms with Gasteiger partial charge in [-0.2, -0.15) is 0 Å². The van der Waals surface area contributed by atoms with Gasteiger partial charge in [-0.15, -0.1) is 0 Å². The first kappa shape index (κ1) is 21.8. The van der Waals surface area contributed by atoms with Crippen LogP contribution in [0.15, 0.2) is 41.2 Å². The summed E-state index contributed by atoms with van der Waals surface area (Å²) in [5.41, 5.74) is 2.36. The van der Waals surface area contributed by atoms with Crippen LogP contribution in [0.1, 0.15) is 35.8 Å². The highest BCUT2D eigenvalue weighted by atomic mass is 35.5. The molecule has 4 rings (SSSR count). The van der Waals surface area contributed by atoms with Crippen LogP contribution in [0.4, 0.5) is 10.5 Å². The molecule has 1 atom stereocenters. The van der Waals surface area contributed by atoms with Crippen molar-refractivity contribution < 1.29 is 9.59 Å². The van der Waals surface area contributed by atoms with Gasteiger partial charge < -0.3 is 16.0 Å². The van der Waals surface area contributed by atoms with Gasteiger partial charge in [-0.25, -0.2) is 9.78 Å². The minimum atomic E-state index is -0.580. The molecule has 1 aliphatic heterocycles. The fourth-order valence-electron chi connectivity index (χ4n) is 3.96. The van der Waals surface area contributed by atoms with Crippen LogP contribution >= 0.6 is 11.6 Å². The summed E-state index contributed by atoms with van der Waals surface area (Å²) in [4.78, 5) is 42.8. The summed E-state index contributed by atoms with van der Waals surface area (Å²) in [6, 6.07) is 9.58. The van der Waals surface area contributed by atoms with Gasteiger partial charge in [0.25, 0.3) is 5.56 Å². The molecule has 8 nitrogen and oxygen atoms in total. The Morgan fingerprint density at radius 2 is 2.06 bits per heavy atom. The highest BCUT2D eigenvalue weighted by molar-refractivity contribution is 6.31. The second-order valence-corrected chi connectivity index (χ2v) is 8.27. The molecule has 0 aliphatic carbocycles. The lowest BCUT2D eigenvalue weighted by atomic mass is 10.0. The fraction of sp³-hybridized carbons (Fsp3) is 0.304. The summed E-state index contributed by atoms with van der Waals surface area (Å²) in [5.74, 6) is 0.318. The van der Waals surface area contributed by atoms with E-state index in [0.717, 1.165) is 12.0 Å². The number of aromatic nitrogens is 2. The number of halogens is 1. The SMILES string of the molecule is Cc1ccc(NC(=O)NCc2cccc3nc(C)n(C4CCCNC4=O)c(=O)c23)cc1Cl. The molecule has 32 heavy (non-hydrogen) atoms. The Bertz CT molecular complexity index is 1270. The van der Waals surface area contributed by atoms with Gasteiger partial charge in [0.15, 0.2) is 0 Å². The summed E-state index contributed by atoms with van der Waals surface area (Å²) in [5, 5.41) is 9.29. The lowest BCUT2D eigenvalue weighted by Crippen LogP contribution is -2.42. The first-order valence-corrected chi connectivity index (χ1v) is 10.8. The topological polar surface area (TPSA) is 105 Å². The molecule has 3 aromatic rings. The van der Waals surface area contributed by atoms with E-state index in [2.05, 4.69) is 20.9 Å². The second kappa shape index (κ2) is 9.00. The zero-order valence-electron chi connectivity index (χ0n) is 17.9. The molecule has 0 spiro atoms. The van der Waals surface area contributed by atoms with Gasteiger partial charge in [-0.05, 0) is 56.0 Å². The van der Waals surface area contributed by atoms with Crippen LogP contribution in [-0.2, 0) is 11.3 Å². The first-order valence-electron chi connectivity index (χ1n) is 10.4. The van der Waals surface area contributed by atoms with Crippen LogP contribution in [-0.4, -0.2) is 28.0 Å². The smallest absolute Gasteiger partial charge is 0.319 e. The van der Waals surface area contributed by atoms with Gasteiger partial charge >= 0.3 is 6.03 Å². The van der Waals surface area contributed by atoms with E-state index >= 15 is 0 Å². The van der Waals surface area contributed by atoms with Crippen LogP contribution in [0.5, 0.6) is 0 Å². The monoisotopic (exact) mass is 453 g/mol. The van der Waals surface area contributed by atoms with E-state index in [1.54, 1.807) is 37.3 Å². The predicted molar refractivity (Wildman–Crippen MR) is 124 cm³/mol. The summed E-state index contributed by atoms with van der Waals surface area (Å²) in [6.45, 7) is 4.35. The number of hydrogen-bond donors (Lipinski definition) is 3. The molecule has 2 heterocycles. The Hall–Kier alpha value is -3.39. The summed E-state index contributed by atoms with van der Waals surface area (Å²) >= 11 is 6.11. The van der Waals surface area contributed by atoms with Crippen molar-refractivity contribution >= 4 is 40.1 Å². The molecule has 1 aromatic heterocycles. The number of anilines is 1. The molecule has 9 heteroatoms. The van der Waals surface area contributed by atoms with Gasteiger partial charge in [-0.1, -0.05) is 29.8 Å². The van der Waals surface area contributed by atoms with Gasteiger partial charge in [0, 0.05) is 23.8 Å². The number of piperidine rings is 1. The molecule has 3 N–H and O–H groups in total. The van der Waals surface area contributed by atoms with Crippen molar-refractivity contribution in [3.8, 4) is 0 Å². The van der Waals surface area contributed by atoms with Crippen LogP contribution < -0.4 is 21.5 Å². The minimum Gasteiger partial charge on any atom is -0.354 e. The summed E-state index contributed by atoms with van der Waals surface area (Å²) in [6.07, 6.45) is 1.38. The number of nitrogens with one attached hydrogen (secondary N) is 3. The Kier molecular flexibility index (Phi) is 6.14. The number of nitrogens with zero attached hydrogens (tertiary/aromatic N) is 2. The average molecular weight is 454 g/mol. The number of amides is 3. The number of benzene rings is 2. The molecule has 1 unspecified atom stereocenters. The molecule has 0 radical (unpaired) electrons. The number of urea groups is 1. The van der Waals surface area contributed by atoms with Crippen molar-refractivity contribution in [2.24, 2.45) is 0 Å². The third-order valence-corrected chi connectivity index (χ3v) is 6.04. The van der Waals surface area contributed by atoms with E-state index in [0.29, 0.717) is 46.0 Å². The predicted octanol–water partition coefficient (Wildman–Crippen LogP) is 3.44. The first-order chi connectivity index (χ1) is 15.3. The molecular formula is C23H24ClN5O3. The van der Waals surface area contributed by atoms with Crippen molar-refractivity contribution in [3.05, 3.63) is 68.7 Å². The molecule has 0 bridgehead atoms. The fourth-order valence-corrected chi connectivity index (χ4v) is 4.14. The summed E-state index contributed by atoms with van der Waals surface area (Å²) in [7, 11) is 0. The van der Waals surface area contributed by atoms with Crippen molar-refractivity contribution in [1.82, 2.24) is 20.2 Å². The van der Waals surface area contributed by atoms with Crippen LogP contribution in [0.3, 0.4) is 0 Å². The largest absolute Gasteiger partial charge is 0.354 e. The van der Waals surface area contributed by atoms with E-state index < -0.39 is 12.1 Å². The molecular weight excluding hydrogens is 430 g/mol. The molecule has 166 valence electrons. The van der Waals surface area contributed by atoms with Crippen molar-refractivity contribution in [2.45, 2.75) is 39.3 Å². The Morgan fingerprint density at radius 1 is 1.25 bits per heavy atom. The molecule has 1 fully saturated rings.